The summed E-state index contributed by atoms with van der Waals surface area (Å²) in [6.45, 7) is 0. The van der Waals surface area contributed by atoms with Gasteiger partial charge in [0.25, 0.3) is 0 Å². The monoisotopic (exact) mass is 229 g/mol. The molecule has 0 spiro atoms. The largest absolute Gasteiger partial charge is 0.480 e. The van der Waals surface area contributed by atoms with Gasteiger partial charge in [-0.1, -0.05) is 29.3 Å². The van der Waals surface area contributed by atoms with Crippen molar-refractivity contribution in [3.63, 3.8) is 0 Å². The van der Waals surface area contributed by atoms with E-state index in [2.05, 4.69) is 0 Å². The summed E-state index contributed by atoms with van der Waals surface area (Å²) in [7, 11) is 0. The van der Waals surface area contributed by atoms with Gasteiger partial charge < -0.3 is 5.11 Å². The van der Waals surface area contributed by atoms with E-state index in [4.69, 9.17) is 33.6 Å². The SMILES string of the molecule is N#CC(C(=O)O)c1c(Cl)cccc1Cl. The maximum absolute atomic E-state index is 10.7. The Balaban J connectivity index is 3.31. The molecule has 3 nitrogen and oxygen atoms in total. The van der Waals surface area contributed by atoms with Gasteiger partial charge in [0, 0.05) is 15.6 Å². The molecular formula is C9H5Cl2NO2. The first kappa shape index (κ1) is 10.8. The summed E-state index contributed by atoms with van der Waals surface area (Å²) < 4.78 is 0. The molecule has 1 unspecified atom stereocenters. The van der Waals surface area contributed by atoms with Gasteiger partial charge in [-0.25, -0.2) is 0 Å². The minimum absolute atomic E-state index is 0.144. The van der Waals surface area contributed by atoms with E-state index in [-0.39, 0.29) is 15.6 Å². The first-order valence-corrected chi connectivity index (χ1v) is 4.40. The average molecular weight is 230 g/mol. The van der Waals surface area contributed by atoms with Gasteiger partial charge in [-0.2, -0.15) is 5.26 Å². The summed E-state index contributed by atoms with van der Waals surface area (Å²) >= 11 is 11.5. The lowest BCUT2D eigenvalue weighted by Gasteiger charge is -2.08. The second-order valence-electron chi connectivity index (χ2n) is 2.54. The Kier molecular flexibility index (Phi) is 3.34. The van der Waals surface area contributed by atoms with Crippen molar-refractivity contribution < 1.29 is 9.90 Å². The van der Waals surface area contributed by atoms with Gasteiger partial charge in [-0.05, 0) is 12.1 Å². The molecule has 14 heavy (non-hydrogen) atoms. The number of benzene rings is 1. The topological polar surface area (TPSA) is 61.1 Å². The molecule has 0 aliphatic carbocycles. The Morgan fingerprint density at radius 1 is 1.43 bits per heavy atom. The Morgan fingerprint density at radius 3 is 2.29 bits per heavy atom. The molecule has 0 radical (unpaired) electrons. The van der Waals surface area contributed by atoms with Crippen LogP contribution in [0.25, 0.3) is 0 Å². The highest BCUT2D eigenvalue weighted by atomic mass is 35.5. The van der Waals surface area contributed by atoms with Gasteiger partial charge in [-0.3, -0.25) is 4.79 Å². The third-order valence-corrected chi connectivity index (χ3v) is 2.32. The fourth-order valence-corrected chi connectivity index (χ4v) is 1.65. The quantitative estimate of drug-likeness (QED) is 0.849. The molecule has 1 aromatic rings. The van der Waals surface area contributed by atoms with E-state index in [1.54, 1.807) is 12.1 Å². The number of nitriles is 1. The van der Waals surface area contributed by atoms with Gasteiger partial charge in [-0.15, -0.1) is 0 Å². The summed E-state index contributed by atoms with van der Waals surface area (Å²) in [5.41, 5.74) is 0.144. The minimum Gasteiger partial charge on any atom is -0.480 e. The van der Waals surface area contributed by atoms with Crippen LogP contribution in [-0.4, -0.2) is 11.1 Å². The lowest BCUT2D eigenvalue weighted by atomic mass is 10.0. The summed E-state index contributed by atoms with van der Waals surface area (Å²) in [5, 5.41) is 17.8. The summed E-state index contributed by atoms with van der Waals surface area (Å²) in [6.07, 6.45) is 0. The second kappa shape index (κ2) is 4.32. The van der Waals surface area contributed by atoms with Crippen LogP contribution in [0.4, 0.5) is 0 Å². The predicted octanol–water partition coefficient (Wildman–Crippen LogP) is 2.69. The standard InChI is InChI=1S/C9H5Cl2NO2/c10-6-2-1-3-7(11)8(6)5(4-12)9(13)14/h1-3,5H,(H,13,14). The van der Waals surface area contributed by atoms with Crippen LogP contribution in [0.1, 0.15) is 11.5 Å². The molecule has 72 valence electrons. The minimum atomic E-state index is -1.32. The van der Waals surface area contributed by atoms with Gasteiger partial charge >= 0.3 is 5.97 Å². The molecular weight excluding hydrogens is 225 g/mol. The van der Waals surface area contributed by atoms with Crippen molar-refractivity contribution in [1.29, 1.82) is 5.26 Å². The highest BCUT2D eigenvalue weighted by Gasteiger charge is 2.24. The molecule has 1 atom stereocenters. The van der Waals surface area contributed by atoms with Gasteiger partial charge in [0.05, 0.1) is 6.07 Å². The summed E-state index contributed by atoms with van der Waals surface area (Å²) in [6, 6.07) is 6.21. The van der Waals surface area contributed by atoms with E-state index in [1.165, 1.54) is 12.1 Å². The van der Waals surface area contributed by atoms with E-state index < -0.39 is 11.9 Å². The van der Waals surface area contributed by atoms with Gasteiger partial charge in [0.2, 0.25) is 0 Å². The molecule has 5 heteroatoms. The summed E-state index contributed by atoms with van der Waals surface area (Å²) in [5.74, 6) is -2.58. The van der Waals surface area contributed by atoms with Crippen LogP contribution < -0.4 is 0 Å². The molecule has 0 amide bonds. The lowest BCUT2D eigenvalue weighted by Crippen LogP contribution is -2.10. The highest BCUT2D eigenvalue weighted by Crippen LogP contribution is 2.31. The maximum atomic E-state index is 10.7. The van der Waals surface area contributed by atoms with Crippen molar-refractivity contribution in [2.24, 2.45) is 0 Å². The highest BCUT2D eigenvalue weighted by molar-refractivity contribution is 6.36. The molecule has 0 aromatic heterocycles. The van der Waals surface area contributed by atoms with E-state index in [0.717, 1.165) is 0 Å². The van der Waals surface area contributed by atoms with Crippen molar-refractivity contribution in [2.45, 2.75) is 5.92 Å². The first-order chi connectivity index (χ1) is 6.57. The third kappa shape index (κ3) is 1.98. The number of aliphatic carboxylic acids is 1. The van der Waals surface area contributed by atoms with E-state index in [1.807, 2.05) is 0 Å². The number of nitrogens with zero attached hydrogens (tertiary/aromatic N) is 1. The molecule has 0 saturated carbocycles. The van der Waals surface area contributed by atoms with Crippen LogP contribution in [0.2, 0.25) is 10.0 Å². The molecule has 0 aliphatic heterocycles. The zero-order chi connectivity index (χ0) is 10.7. The van der Waals surface area contributed by atoms with Crippen LogP contribution >= 0.6 is 23.2 Å². The number of halogens is 2. The summed E-state index contributed by atoms with van der Waals surface area (Å²) in [4.78, 5) is 10.7. The predicted molar refractivity (Wildman–Crippen MR) is 52.5 cm³/mol. The van der Waals surface area contributed by atoms with Gasteiger partial charge in [0.15, 0.2) is 5.92 Å². The van der Waals surface area contributed by atoms with Crippen molar-refractivity contribution in [1.82, 2.24) is 0 Å². The average Bonchev–Trinajstić information content (AvgIpc) is 2.10. The third-order valence-electron chi connectivity index (χ3n) is 1.66. The van der Waals surface area contributed by atoms with Crippen LogP contribution in [0, 0.1) is 11.3 Å². The maximum Gasteiger partial charge on any atom is 0.325 e. The van der Waals surface area contributed by atoms with Crippen molar-refractivity contribution in [3.05, 3.63) is 33.8 Å². The number of rotatable bonds is 2. The molecule has 1 rings (SSSR count). The number of hydrogen-bond acceptors (Lipinski definition) is 2. The zero-order valence-electron chi connectivity index (χ0n) is 6.87. The molecule has 1 N–H and O–H groups in total. The van der Waals surface area contributed by atoms with E-state index >= 15 is 0 Å². The van der Waals surface area contributed by atoms with E-state index in [9.17, 15) is 4.79 Å². The normalized spacial score (nSPS) is 11.8. The number of carboxylic acid groups (broad SMARTS) is 1. The number of hydrogen-bond donors (Lipinski definition) is 1. The van der Waals surface area contributed by atoms with Crippen LogP contribution in [-0.2, 0) is 4.79 Å². The number of carboxylic acids is 1. The fourth-order valence-electron chi connectivity index (χ4n) is 1.03. The van der Waals surface area contributed by atoms with Crippen LogP contribution in [0.3, 0.4) is 0 Å². The zero-order valence-corrected chi connectivity index (χ0v) is 8.38. The second-order valence-corrected chi connectivity index (χ2v) is 3.35. The molecule has 0 bridgehead atoms. The smallest absolute Gasteiger partial charge is 0.325 e. The van der Waals surface area contributed by atoms with Crippen molar-refractivity contribution >= 4 is 29.2 Å². The molecule has 0 heterocycles. The lowest BCUT2D eigenvalue weighted by molar-refractivity contribution is -0.137. The van der Waals surface area contributed by atoms with E-state index in [0.29, 0.717) is 0 Å². The molecule has 0 fully saturated rings. The van der Waals surface area contributed by atoms with Gasteiger partial charge in [0.1, 0.15) is 0 Å². The Hall–Kier alpha value is -1.24. The Morgan fingerprint density at radius 2 is 1.93 bits per heavy atom. The fraction of sp³-hybridized carbons (Fsp3) is 0.111. The molecule has 0 saturated heterocycles. The van der Waals surface area contributed by atoms with Crippen molar-refractivity contribution in [2.75, 3.05) is 0 Å². The molecule has 0 aliphatic rings. The Labute approximate surface area is 90.5 Å². The van der Waals surface area contributed by atoms with Crippen molar-refractivity contribution in [3.8, 4) is 6.07 Å². The molecule has 1 aromatic carbocycles. The first-order valence-electron chi connectivity index (χ1n) is 3.64. The van der Waals surface area contributed by atoms with Crippen LogP contribution in [0.5, 0.6) is 0 Å². The Bertz CT molecular complexity index is 392. The number of carbonyl (C=O) groups is 1. The van der Waals surface area contributed by atoms with Crippen LogP contribution in [0.15, 0.2) is 18.2 Å².